The molecule has 132 valence electrons. The molecule has 0 spiro atoms. The number of likely N-dealkylation sites (N-methyl/N-ethyl adjacent to an activating group) is 1. The van der Waals surface area contributed by atoms with Gasteiger partial charge >= 0.3 is 0 Å². The third-order valence-electron chi connectivity index (χ3n) is 4.09. The highest BCUT2D eigenvalue weighted by Crippen LogP contribution is 2.18. The van der Waals surface area contributed by atoms with Gasteiger partial charge in [-0.05, 0) is 26.8 Å². The van der Waals surface area contributed by atoms with Crippen LogP contribution in [0.5, 0.6) is 0 Å². The fraction of sp³-hybridized carbons (Fsp3) is 0.765. The van der Waals surface area contributed by atoms with Crippen molar-refractivity contribution in [3.8, 4) is 0 Å². The van der Waals surface area contributed by atoms with Crippen molar-refractivity contribution in [1.29, 1.82) is 0 Å². The second-order valence-corrected chi connectivity index (χ2v) is 6.77. The Hall–Kier alpha value is -1.56. The van der Waals surface area contributed by atoms with Crippen LogP contribution in [0.2, 0.25) is 0 Å². The van der Waals surface area contributed by atoms with Crippen LogP contribution in [0, 0.1) is 0 Å². The van der Waals surface area contributed by atoms with Gasteiger partial charge in [0.1, 0.15) is 0 Å². The summed E-state index contributed by atoms with van der Waals surface area (Å²) >= 11 is 0. The average molecular weight is 323 g/mol. The molecule has 0 fully saturated rings. The molecule has 0 atom stereocenters. The minimum absolute atomic E-state index is 0.425. The molecule has 0 saturated carbocycles. The first-order valence-corrected chi connectivity index (χ1v) is 8.40. The maximum Gasteiger partial charge on any atom is 0.193 e. The topological polar surface area (TPSA) is 48.7 Å². The number of aromatic nitrogens is 2. The van der Waals surface area contributed by atoms with Gasteiger partial charge in [-0.2, -0.15) is 5.10 Å². The van der Waals surface area contributed by atoms with E-state index in [2.05, 4.69) is 73.2 Å². The molecule has 0 aliphatic heterocycles. The van der Waals surface area contributed by atoms with Crippen LogP contribution in [-0.4, -0.2) is 65.8 Å². The van der Waals surface area contributed by atoms with E-state index in [0.717, 1.165) is 31.3 Å². The molecule has 0 aliphatic rings. The van der Waals surface area contributed by atoms with E-state index >= 15 is 0 Å². The maximum absolute atomic E-state index is 4.58. The number of rotatable bonds is 7. The molecule has 1 aromatic heterocycles. The Balaban J connectivity index is 2.62. The van der Waals surface area contributed by atoms with E-state index in [1.165, 1.54) is 5.56 Å². The third kappa shape index (κ3) is 5.86. The fourth-order valence-electron chi connectivity index (χ4n) is 2.48. The molecule has 0 aliphatic carbocycles. The van der Waals surface area contributed by atoms with Crippen molar-refractivity contribution in [2.75, 3.05) is 34.2 Å². The first kappa shape index (κ1) is 19.5. The molecule has 0 amide bonds. The molecule has 0 aromatic carbocycles. The first-order valence-electron chi connectivity index (χ1n) is 8.40. The Bertz CT molecular complexity index is 503. The number of aliphatic imine (C=N–C) groups is 1. The summed E-state index contributed by atoms with van der Waals surface area (Å²) in [7, 11) is 8.02. The largest absolute Gasteiger partial charge is 0.355 e. The lowest BCUT2D eigenvalue weighted by Gasteiger charge is -2.25. The van der Waals surface area contributed by atoms with Gasteiger partial charge in [0.25, 0.3) is 0 Å². The fourth-order valence-corrected chi connectivity index (χ4v) is 2.48. The molecule has 6 nitrogen and oxygen atoms in total. The van der Waals surface area contributed by atoms with Gasteiger partial charge < -0.3 is 15.1 Å². The lowest BCUT2D eigenvalue weighted by atomic mass is 10.1. The summed E-state index contributed by atoms with van der Waals surface area (Å²) in [5.74, 6) is 1.34. The Morgan fingerprint density at radius 3 is 2.48 bits per heavy atom. The SMILES string of the molecule is CN=C(NCCN(C)C(C)C)N(C)Cc1cn(C)nc1C(C)C. The van der Waals surface area contributed by atoms with Crippen molar-refractivity contribution >= 4 is 5.96 Å². The van der Waals surface area contributed by atoms with Gasteiger partial charge in [-0.1, -0.05) is 13.8 Å². The lowest BCUT2D eigenvalue weighted by Crippen LogP contribution is -2.42. The molecule has 1 aromatic rings. The Morgan fingerprint density at radius 1 is 1.30 bits per heavy atom. The molecular weight excluding hydrogens is 288 g/mol. The van der Waals surface area contributed by atoms with Gasteiger partial charge in [-0.15, -0.1) is 0 Å². The molecule has 0 saturated heterocycles. The van der Waals surface area contributed by atoms with E-state index in [-0.39, 0.29) is 0 Å². The summed E-state index contributed by atoms with van der Waals surface area (Å²) < 4.78 is 1.90. The van der Waals surface area contributed by atoms with Gasteiger partial charge in [0.15, 0.2) is 5.96 Å². The molecular formula is C17H34N6. The van der Waals surface area contributed by atoms with Crippen LogP contribution in [0.25, 0.3) is 0 Å². The van der Waals surface area contributed by atoms with Crippen molar-refractivity contribution in [2.24, 2.45) is 12.0 Å². The zero-order valence-electron chi connectivity index (χ0n) is 16.1. The molecule has 6 heteroatoms. The van der Waals surface area contributed by atoms with Crippen LogP contribution in [0.1, 0.15) is 44.9 Å². The highest BCUT2D eigenvalue weighted by Gasteiger charge is 2.15. The number of nitrogens with zero attached hydrogens (tertiary/aromatic N) is 5. The van der Waals surface area contributed by atoms with E-state index in [9.17, 15) is 0 Å². The predicted octanol–water partition coefficient (Wildman–Crippen LogP) is 1.89. The minimum atomic E-state index is 0.425. The Kier molecular flexibility index (Phi) is 7.55. The zero-order chi connectivity index (χ0) is 17.6. The van der Waals surface area contributed by atoms with Crippen LogP contribution >= 0.6 is 0 Å². The Morgan fingerprint density at radius 2 is 1.96 bits per heavy atom. The number of aryl methyl sites for hydroxylation is 1. The smallest absolute Gasteiger partial charge is 0.193 e. The van der Waals surface area contributed by atoms with Crippen LogP contribution in [0.3, 0.4) is 0 Å². The average Bonchev–Trinajstić information content (AvgIpc) is 2.83. The highest BCUT2D eigenvalue weighted by molar-refractivity contribution is 5.79. The van der Waals surface area contributed by atoms with Crippen LogP contribution in [0.15, 0.2) is 11.2 Å². The lowest BCUT2D eigenvalue weighted by molar-refractivity contribution is 0.277. The van der Waals surface area contributed by atoms with Crippen molar-refractivity contribution in [2.45, 2.75) is 46.2 Å². The van der Waals surface area contributed by atoms with Gasteiger partial charge in [-0.3, -0.25) is 9.67 Å². The molecule has 23 heavy (non-hydrogen) atoms. The normalized spacial score (nSPS) is 12.6. The van der Waals surface area contributed by atoms with Crippen LogP contribution in [-0.2, 0) is 13.6 Å². The van der Waals surface area contributed by atoms with Gasteiger partial charge in [0.2, 0.25) is 0 Å². The second kappa shape index (κ2) is 8.91. The quantitative estimate of drug-likeness (QED) is 0.615. The molecule has 0 unspecified atom stereocenters. The number of guanidine groups is 1. The highest BCUT2D eigenvalue weighted by atomic mass is 15.3. The van der Waals surface area contributed by atoms with E-state index in [4.69, 9.17) is 0 Å². The van der Waals surface area contributed by atoms with Gasteiger partial charge in [-0.25, -0.2) is 0 Å². The van der Waals surface area contributed by atoms with E-state index in [1.54, 1.807) is 0 Å². The van der Waals surface area contributed by atoms with Crippen molar-refractivity contribution in [3.05, 3.63) is 17.5 Å². The van der Waals surface area contributed by atoms with Crippen molar-refractivity contribution in [1.82, 2.24) is 24.9 Å². The molecule has 1 heterocycles. The third-order valence-corrected chi connectivity index (χ3v) is 4.09. The minimum Gasteiger partial charge on any atom is -0.355 e. The van der Waals surface area contributed by atoms with E-state index in [0.29, 0.717) is 12.0 Å². The van der Waals surface area contributed by atoms with E-state index in [1.807, 2.05) is 18.8 Å². The van der Waals surface area contributed by atoms with Crippen molar-refractivity contribution in [3.63, 3.8) is 0 Å². The molecule has 1 rings (SSSR count). The van der Waals surface area contributed by atoms with Crippen LogP contribution in [0.4, 0.5) is 0 Å². The second-order valence-electron chi connectivity index (χ2n) is 6.77. The van der Waals surface area contributed by atoms with Crippen molar-refractivity contribution < 1.29 is 0 Å². The number of nitrogens with one attached hydrogen (secondary N) is 1. The standard InChI is InChI=1S/C17H34N6/c1-13(2)16-15(12-23(8)20-16)11-22(7)17(18-5)19-9-10-21(6)14(3)4/h12-14H,9-11H2,1-8H3,(H,18,19). The van der Waals surface area contributed by atoms with E-state index < -0.39 is 0 Å². The summed E-state index contributed by atoms with van der Waals surface area (Å²) in [6.07, 6.45) is 2.10. The zero-order valence-corrected chi connectivity index (χ0v) is 16.1. The number of hydrogen-bond donors (Lipinski definition) is 1. The summed E-state index contributed by atoms with van der Waals surface area (Å²) in [6, 6.07) is 0.556. The summed E-state index contributed by atoms with van der Waals surface area (Å²) in [5.41, 5.74) is 2.42. The Labute approximate surface area is 141 Å². The monoisotopic (exact) mass is 322 g/mol. The van der Waals surface area contributed by atoms with Crippen LogP contribution < -0.4 is 5.32 Å². The molecule has 0 bridgehead atoms. The summed E-state index contributed by atoms with van der Waals surface area (Å²) in [4.78, 5) is 8.86. The van der Waals surface area contributed by atoms with Gasteiger partial charge in [0, 0.05) is 58.6 Å². The maximum atomic E-state index is 4.58. The molecule has 1 N–H and O–H groups in total. The summed E-state index contributed by atoms with van der Waals surface area (Å²) in [6.45, 7) is 11.5. The first-order chi connectivity index (χ1) is 10.8. The predicted molar refractivity (Wildman–Crippen MR) is 97.9 cm³/mol. The van der Waals surface area contributed by atoms with Gasteiger partial charge in [0.05, 0.1) is 5.69 Å². The molecule has 0 radical (unpaired) electrons. The summed E-state index contributed by atoms with van der Waals surface area (Å²) in [5, 5.41) is 8.01. The number of hydrogen-bond acceptors (Lipinski definition) is 3.